The minimum atomic E-state index is -0.0741. The molecular weight excluding hydrogens is 377 g/mol. The first-order valence-corrected chi connectivity index (χ1v) is 7.95. The number of methoxy groups -OCH3 is 1. The summed E-state index contributed by atoms with van der Waals surface area (Å²) >= 11 is 15.8. The smallest absolute Gasteiger partial charge is 0.0758 e. The van der Waals surface area contributed by atoms with Crippen molar-refractivity contribution in [2.75, 3.05) is 20.8 Å². The van der Waals surface area contributed by atoms with E-state index in [9.17, 15) is 0 Å². The Balaban J connectivity index is 2.43. The first-order chi connectivity index (χ1) is 10.1. The molecule has 1 aromatic heterocycles. The molecule has 2 rings (SSSR count). The summed E-state index contributed by atoms with van der Waals surface area (Å²) in [5, 5.41) is 8.88. The van der Waals surface area contributed by atoms with E-state index in [0.717, 1.165) is 15.7 Å². The second-order valence-corrected chi connectivity index (χ2v) is 6.25. The summed E-state index contributed by atoms with van der Waals surface area (Å²) in [6, 6.07) is 5.44. The maximum absolute atomic E-state index is 6.11. The van der Waals surface area contributed by atoms with Gasteiger partial charge in [-0.05, 0) is 46.7 Å². The van der Waals surface area contributed by atoms with Gasteiger partial charge in [0.15, 0.2) is 0 Å². The van der Waals surface area contributed by atoms with Gasteiger partial charge in [0.05, 0.1) is 35.6 Å². The molecule has 114 valence electrons. The summed E-state index contributed by atoms with van der Waals surface area (Å²) in [6.45, 7) is 1.26. The van der Waals surface area contributed by atoms with Gasteiger partial charge < -0.3 is 10.1 Å². The highest BCUT2D eigenvalue weighted by atomic mass is 79.9. The fourth-order valence-corrected chi connectivity index (χ4v) is 3.29. The molecule has 0 bridgehead atoms. The molecule has 0 spiro atoms. The zero-order chi connectivity index (χ0) is 15.4. The van der Waals surface area contributed by atoms with E-state index in [-0.39, 0.29) is 6.04 Å². The molecule has 1 aromatic carbocycles. The Bertz CT molecular complexity index is 598. The van der Waals surface area contributed by atoms with E-state index in [2.05, 4.69) is 26.3 Å². The lowest BCUT2D eigenvalue weighted by atomic mass is 10.0. The number of rotatable bonds is 6. The van der Waals surface area contributed by atoms with Crippen molar-refractivity contribution in [2.45, 2.75) is 12.6 Å². The van der Waals surface area contributed by atoms with Crippen LogP contribution in [0.15, 0.2) is 28.9 Å². The molecule has 2 aromatic rings. The van der Waals surface area contributed by atoms with Crippen LogP contribution in [0.25, 0.3) is 0 Å². The number of nitrogens with one attached hydrogen (secondary N) is 1. The third-order valence-corrected chi connectivity index (χ3v) is 4.17. The molecule has 0 aliphatic heterocycles. The molecule has 0 aliphatic carbocycles. The lowest BCUT2D eigenvalue weighted by molar-refractivity contribution is 0.182. The number of halogens is 3. The molecular formula is C14H16BrCl2N3O. The van der Waals surface area contributed by atoms with E-state index < -0.39 is 0 Å². The third-order valence-electron chi connectivity index (χ3n) is 3.12. The molecule has 1 atom stereocenters. The highest BCUT2D eigenvalue weighted by molar-refractivity contribution is 9.10. The molecule has 0 amide bonds. The summed E-state index contributed by atoms with van der Waals surface area (Å²) < 4.78 is 7.96. The molecule has 0 saturated carbocycles. The second-order valence-electron chi connectivity index (χ2n) is 4.52. The van der Waals surface area contributed by atoms with Crippen molar-refractivity contribution in [3.05, 3.63) is 50.2 Å². The minimum absolute atomic E-state index is 0.0741. The summed E-state index contributed by atoms with van der Waals surface area (Å²) in [4.78, 5) is 0. The molecule has 7 heteroatoms. The van der Waals surface area contributed by atoms with Crippen molar-refractivity contribution >= 4 is 39.1 Å². The van der Waals surface area contributed by atoms with Crippen molar-refractivity contribution in [3.63, 3.8) is 0 Å². The van der Waals surface area contributed by atoms with Gasteiger partial charge in [0.25, 0.3) is 0 Å². The number of benzene rings is 1. The average Bonchev–Trinajstić information content (AvgIpc) is 2.78. The fraction of sp³-hybridized carbons (Fsp3) is 0.357. The fourth-order valence-electron chi connectivity index (χ4n) is 2.22. The molecule has 21 heavy (non-hydrogen) atoms. The van der Waals surface area contributed by atoms with Crippen LogP contribution in [-0.2, 0) is 11.3 Å². The molecule has 0 fully saturated rings. The normalized spacial score (nSPS) is 12.6. The molecule has 0 aliphatic rings. The van der Waals surface area contributed by atoms with Crippen LogP contribution in [0.1, 0.15) is 17.3 Å². The maximum Gasteiger partial charge on any atom is 0.0758 e. The topological polar surface area (TPSA) is 39.1 Å². The Hall–Kier alpha value is -0.590. The van der Waals surface area contributed by atoms with Crippen LogP contribution in [0, 0.1) is 0 Å². The minimum Gasteiger partial charge on any atom is -0.383 e. The van der Waals surface area contributed by atoms with Crippen LogP contribution in [0.3, 0.4) is 0 Å². The molecule has 1 unspecified atom stereocenters. The van der Waals surface area contributed by atoms with Crippen LogP contribution in [0.4, 0.5) is 0 Å². The van der Waals surface area contributed by atoms with Gasteiger partial charge in [0.1, 0.15) is 0 Å². The predicted octanol–water partition coefficient (Wildman–Crippen LogP) is 3.91. The van der Waals surface area contributed by atoms with E-state index >= 15 is 0 Å². The maximum atomic E-state index is 6.11. The van der Waals surface area contributed by atoms with Gasteiger partial charge in [-0.3, -0.25) is 4.68 Å². The highest BCUT2D eigenvalue weighted by Gasteiger charge is 2.21. The lowest BCUT2D eigenvalue weighted by Crippen LogP contribution is -2.23. The Kier molecular flexibility index (Phi) is 6.08. The zero-order valence-corrected chi connectivity index (χ0v) is 14.8. The van der Waals surface area contributed by atoms with Gasteiger partial charge in [-0.15, -0.1) is 0 Å². The van der Waals surface area contributed by atoms with Crippen molar-refractivity contribution < 1.29 is 4.74 Å². The highest BCUT2D eigenvalue weighted by Crippen LogP contribution is 2.31. The van der Waals surface area contributed by atoms with E-state index in [1.807, 2.05) is 23.9 Å². The Morgan fingerprint density at radius 2 is 2.00 bits per heavy atom. The van der Waals surface area contributed by atoms with Crippen molar-refractivity contribution in [3.8, 4) is 0 Å². The van der Waals surface area contributed by atoms with E-state index in [1.54, 1.807) is 19.4 Å². The number of hydrogen-bond donors (Lipinski definition) is 1. The largest absolute Gasteiger partial charge is 0.383 e. The van der Waals surface area contributed by atoms with Crippen LogP contribution < -0.4 is 5.32 Å². The first-order valence-electron chi connectivity index (χ1n) is 6.40. The van der Waals surface area contributed by atoms with Gasteiger partial charge in [0, 0.05) is 17.2 Å². The first kappa shape index (κ1) is 16.8. The number of hydrogen-bond acceptors (Lipinski definition) is 3. The molecule has 1 N–H and O–H groups in total. The summed E-state index contributed by atoms with van der Waals surface area (Å²) in [5.74, 6) is 0. The SMILES string of the molecule is CNC(c1cc(Cl)cc(Cl)c1)c1c(Br)cnn1CCOC. The summed E-state index contributed by atoms with van der Waals surface area (Å²) in [7, 11) is 3.56. The van der Waals surface area contributed by atoms with Crippen molar-refractivity contribution in [1.82, 2.24) is 15.1 Å². The van der Waals surface area contributed by atoms with Crippen LogP contribution in [-0.4, -0.2) is 30.5 Å². The second kappa shape index (κ2) is 7.61. The Morgan fingerprint density at radius 3 is 2.57 bits per heavy atom. The van der Waals surface area contributed by atoms with E-state index in [4.69, 9.17) is 27.9 Å². The van der Waals surface area contributed by atoms with E-state index in [1.165, 1.54) is 0 Å². The Labute approximate surface area is 142 Å². The number of ether oxygens (including phenoxy) is 1. The zero-order valence-electron chi connectivity index (χ0n) is 11.7. The standard InChI is InChI=1S/C14H16BrCl2N3O/c1-18-13(9-5-10(16)7-11(17)6-9)14-12(15)8-19-20(14)3-4-21-2/h5-8,13,18H,3-4H2,1-2H3. The van der Waals surface area contributed by atoms with Crippen LogP contribution >= 0.6 is 39.1 Å². The molecule has 1 heterocycles. The van der Waals surface area contributed by atoms with Gasteiger partial charge in [-0.2, -0.15) is 5.10 Å². The lowest BCUT2D eigenvalue weighted by Gasteiger charge is -2.20. The predicted molar refractivity (Wildman–Crippen MR) is 89.2 cm³/mol. The monoisotopic (exact) mass is 391 g/mol. The third kappa shape index (κ3) is 3.99. The van der Waals surface area contributed by atoms with E-state index in [0.29, 0.717) is 23.2 Å². The van der Waals surface area contributed by atoms with Crippen LogP contribution in [0.2, 0.25) is 10.0 Å². The van der Waals surface area contributed by atoms with Gasteiger partial charge in [-0.25, -0.2) is 0 Å². The number of nitrogens with zero attached hydrogens (tertiary/aromatic N) is 2. The van der Waals surface area contributed by atoms with Gasteiger partial charge in [0.2, 0.25) is 0 Å². The number of aromatic nitrogens is 2. The summed E-state index contributed by atoms with van der Waals surface area (Å²) in [6.07, 6.45) is 1.78. The Morgan fingerprint density at radius 1 is 1.33 bits per heavy atom. The summed E-state index contributed by atoms with van der Waals surface area (Å²) in [5.41, 5.74) is 1.99. The average molecular weight is 393 g/mol. The molecule has 0 radical (unpaired) electrons. The van der Waals surface area contributed by atoms with Crippen LogP contribution in [0.5, 0.6) is 0 Å². The van der Waals surface area contributed by atoms with Gasteiger partial charge in [-0.1, -0.05) is 23.2 Å². The van der Waals surface area contributed by atoms with Crippen molar-refractivity contribution in [2.24, 2.45) is 0 Å². The van der Waals surface area contributed by atoms with Crippen molar-refractivity contribution in [1.29, 1.82) is 0 Å². The molecule has 4 nitrogen and oxygen atoms in total. The molecule has 0 saturated heterocycles. The van der Waals surface area contributed by atoms with Gasteiger partial charge >= 0.3 is 0 Å². The quantitative estimate of drug-likeness (QED) is 0.809.